The van der Waals surface area contributed by atoms with Crippen LogP contribution in [0.5, 0.6) is 0 Å². The number of ether oxygens (including phenoxy) is 1. The molecule has 1 aromatic heterocycles. The molecule has 0 atom stereocenters. The molecule has 0 spiro atoms. The average molecular weight is 341 g/mol. The number of nitrogens with zero attached hydrogens (tertiary/aromatic N) is 3. The van der Waals surface area contributed by atoms with Gasteiger partial charge >= 0.3 is 0 Å². The zero-order valence-electron chi connectivity index (χ0n) is 12.7. The molecular formula is C14H19N3O5S. The third-order valence-electron chi connectivity index (χ3n) is 3.92. The van der Waals surface area contributed by atoms with Gasteiger partial charge in [-0.15, -0.1) is 0 Å². The second-order valence-electron chi connectivity index (χ2n) is 5.84. The topological polar surface area (TPSA) is 103 Å². The molecule has 3 rings (SSSR count). The Morgan fingerprint density at radius 3 is 2.83 bits per heavy atom. The molecule has 0 bridgehead atoms. The molecule has 8 nitrogen and oxygen atoms in total. The fourth-order valence-electron chi connectivity index (χ4n) is 2.24. The normalized spacial score (nSPS) is 18.7. The SMILES string of the molecule is C=CS(=O)(=O)CCC(=O)N1CC(OCc2nc(C3CC3)no2)C1. The van der Waals surface area contributed by atoms with Crippen LogP contribution in [0.3, 0.4) is 0 Å². The highest BCUT2D eigenvalue weighted by molar-refractivity contribution is 7.94. The minimum absolute atomic E-state index is 0.0323. The summed E-state index contributed by atoms with van der Waals surface area (Å²) in [6.07, 6.45) is 2.11. The van der Waals surface area contributed by atoms with Gasteiger partial charge in [0.1, 0.15) is 6.61 Å². The summed E-state index contributed by atoms with van der Waals surface area (Å²) in [5.41, 5.74) is 0. The van der Waals surface area contributed by atoms with E-state index in [1.807, 2.05) is 0 Å². The van der Waals surface area contributed by atoms with Crippen molar-refractivity contribution in [1.29, 1.82) is 0 Å². The van der Waals surface area contributed by atoms with Crippen LogP contribution in [0.15, 0.2) is 16.5 Å². The van der Waals surface area contributed by atoms with E-state index in [2.05, 4.69) is 16.7 Å². The third-order valence-corrected chi connectivity index (χ3v) is 5.20. The Labute approximate surface area is 134 Å². The molecule has 1 aromatic rings. The number of carbonyl (C=O) groups excluding carboxylic acids is 1. The molecule has 2 fully saturated rings. The number of sulfone groups is 1. The standard InChI is InChI=1S/C14H19N3O5S/c1-2-23(19,20)6-5-13(18)17-7-11(8-17)21-9-12-15-14(16-22-12)10-3-4-10/h2,10-11H,1,3-9H2. The predicted molar refractivity (Wildman–Crippen MR) is 80.0 cm³/mol. The fourth-order valence-corrected chi connectivity index (χ4v) is 2.87. The Morgan fingerprint density at radius 1 is 1.43 bits per heavy atom. The Balaban J connectivity index is 1.35. The molecule has 2 aliphatic rings. The van der Waals surface area contributed by atoms with E-state index in [0.717, 1.165) is 24.1 Å². The van der Waals surface area contributed by atoms with Gasteiger partial charge in [0.25, 0.3) is 5.89 Å². The first-order valence-corrected chi connectivity index (χ1v) is 9.25. The van der Waals surface area contributed by atoms with E-state index in [1.165, 1.54) is 0 Å². The van der Waals surface area contributed by atoms with Crippen molar-refractivity contribution in [3.63, 3.8) is 0 Å². The molecule has 1 amide bonds. The molecule has 0 aromatic carbocycles. The number of likely N-dealkylation sites (tertiary alicyclic amines) is 1. The summed E-state index contributed by atoms with van der Waals surface area (Å²) in [4.78, 5) is 17.7. The summed E-state index contributed by atoms with van der Waals surface area (Å²) in [7, 11) is -3.33. The molecule has 1 aliphatic carbocycles. The molecule has 1 aliphatic heterocycles. The number of hydrogen-bond donors (Lipinski definition) is 0. The zero-order valence-corrected chi connectivity index (χ0v) is 13.5. The molecule has 9 heteroatoms. The van der Waals surface area contributed by atoms with Crippen molar-refractivity contribution < 1.29 is 22.5 Å². The van der Waals surface area contributed by atoms with E-state index in [-0.39, 0.29) is 30.8 Å². The van der Waals surface area contributed by atoms with Crippen molar-refractivity contribution in [3.8, 4) is 0 Å². The number of aromatic nitrogens is 2. The molecule has 0 N–H and O–H groups in total. The van der Waals surface area contributed by atoms with Crippen molar-refractivity contribution >= 4 is 15.7 Å². The fraction of sp³-hybridized carbons (Fsp3) is 0.643. The van der Waals surface area contributed by atoms with Gasteiger partial charge < -0.3 is 14.2 Å². The first-order chi connectivity index (χ1) is 11.0. The van der Waals surface area contributed by atoms with E-state index >= 15 is 0 Å². The Kier molecular flexibility index (Phi) is 4.49. The number of amides is 1. The summed E-state index contributed by atoms with van der Waals surface area (Å²) in [6, 6.07) is 0. The smallest absolute Gasteiger partial charge is 0.252 e. The van der Waals surface area contributed by atoms with Crippen LogP contribution in [0.4, 0.5) is 0 Å². The minimum Gasteiger partial charge on any atom is -0.365 e. The highest BCUT2D eigenvalue weighted by Crippen LogP contribution is 2.38. The molecule has 23 heavy (non-hydrogen) atoms. The van der Waals surface area contributed by atoms with Crippen LogP contribution in [0, 0.1) is 0 Å². The Bertz CT molecular complexity index is 689. The highest BCUT2D eigenvalue weighted by atomic mass is 32.2. The number of carbonyl (C=O) groups is 1. The van der Waals surface area contributed by atoms with Crippen LogP contribution in [0.25, 0.3) is 0 Å². The lowest BCUT2D eigenvalue weighted by atomic mass is 10.1. The molecule has 1 saturated carbocycles. The van der Waals surface area contributed by atoms with Gasteiger partial charge in [-0.1, -0.05) is 11.7 Å². The summed E-state index contributed by atoms with van der Waals surface area (Å²) >= 11 is 0. The van der Waals surface area contributed by atoms with Crippen LogP contribution in [0.2, 0.25) is 0 Å². The van der Waals surface area contributed by atoms with Crippen molar-refractivity contribution in [2.75, 3.05) is 18.8 Å². The van der Waals surface area contributed by atoms with Crippen molar-refractivity contribution in [3.05, 3.63) is 23.7 Å². The quantitative estimate of drug-likeness (QED) is 0.683. The monoisotopic (exact) mass is 341 g/mol. The van der Waals surface area contributed by atoms with Gasteiger partial charge in [0.2, 0.25) is 5.91 Å². The van der Waals surface area contributed by atoms with E-state index in [0.29, 0.717) is 24.9 Å². The molecule has 1 saturated heterocycles. The largest absolute Gasteiger partial charge is 0.365 e. The highest BCUT2D eigenvalue weighted by Gasteiger charge is 2.32. The second kappa shape index (κ2) is 6.40. The van der Waals surface area contributed by atoms with Crippen LogP contribution in [-0.4, -0.2) is 54.3 Å². The first-order valence-electron chi connectivity index (χ1n) is 7.54. The van der Waals surface area contributed by atoms with Gasteiger partial charge in [-0.25, -0.2) is 8.42 Å². The molecular weight excluding hydrogens is 322 g/mol. The zero-order chi connectivity index (χ0) is 16.4. The summed E-state index contributed by atoms with van der Waals surface area (Å²) in [5, 5.41) is 4.78. The van der Waals surface area contributed by atoms with Gasteiger partial charge in [0.15, 0.2) is 15.7 Å². The van der Waals surface area contributed by atoms with Gasteiger partial charge in [0, 0.05) is 30.8 Å². The molecule has 2 heterocycles. The van der Waals surface area contributed by atoms with Crippen LogP contribution >= 0.6 is 0 Å². The lowest BCUT2D eigenvalue weighted by molar-refractivity contribution is -0.146. The van der Waals surface area contributed by atoms with E-state index < -0.39 is 9.84 Å². The first kappa shape index (κ1) is 16.1. The van der Waals surface area contributed by atoms with Gasteiger partial charge in [-0.3, -0.25) is 4.79 Å². The maximum absolute atomic E-state index is 11.8. The summed E-state index contributed by atoms with van der Waals surface area (Å²) in [5.74, 6) is 1.25. The summed E-state index contributed by atoms with van der Waals surface area (Å²) < 4.78 is 33.3. The predicted octanol–water partition coefficient (Wildman–Crippen LogP) is 0.623. The van der Waals surface area contributed by atoms with Gasteiger partial charge in [-0.2, -0.15) is 4.98 Å². The molecule has 0 unspecified atom stereocenters. The molecule has 126 valence electrons. The Morgan fingerprint density at radius 2 is 2.17 bits per heavy atom. The second-order valence-corrected chi connectivity index (χ2v) is 7.90. The van der Waals surface area contributed by atoms with Crippen molar-refractivity contribution in [2.24, 2.45) is 0 Å². The van der Waals surface area contributed by atoms with Crippen LogP contribution in [0.1, 0.15) is 36.9 Å². The Hall–Kier alpha value is -1.74. The van der Waals surface area contributed by atoms with Gasteiger partial charge in [0.05, 0.1) is 11.9 Å². The molecule has 0 radical (unpaired) electrons. The van der Waals surface area contributed by atoms with E-state index in [4.69, 9.17) is 9.26 Å². The average Bonchev–Trinajstić information content (AvgIpc) is 3.23. The maximum Gasteiger partial charge on any atom is 0.252 e. The lowest BCUT2D eigenvalue weighted by Crippen LogP contribution is -2.54. The minimum atomic E-state index is -3.33. The summed E-state index contributed by atoms with van der Waals surface area (Å²) in [6.45, 7) is 4.36. The van der Waals surface area contributed by atoms with E-state index in [9.17, 15) is 13.2 Å². The van der Waals surface area contributed by atoms with Crippen LogP contribution < -0.4 is 0 Å². The maximum atomic E-state index is 11.8. The number of rotatable bonds is 8. The number of hydrogen-bond acceptors (Lipinski definition) is 7. The van der Waals surface area contributed by atoms with Crippen LogP contribution in [-0.2, 0) is 26.0 Å². The van der Waals surface area contributed by atoms with Gasteiger partial charge in [-0.05, 0) is 12.8 Å². The van der Waals surface area contributed by atoms with Crippen molar-refractivity contribution in [1.82, 2.24) is 15.0 Å². The third kappa shape index (κ3) is 4.17. The lowest BCUT2D eigenvalue weighted by Gasteiger charge is -2.38. The van der Waals surface area contributed by atoms with E-state index in [1.54, 1.807) is 4.90 Å². The van der Waals surface area contributed by atoms with Crippen molar-refractivity contribution in [2.45, 2.75) is 37.9 Å².